The van der Waals surface area contributed by atoms with Crippen LogP contribution in [-0.2, 0) is 15.4 Å². The number of urea groups is 1. The summed E-state index contributed by atoms with van der Waals surface area (Å²) in [6, 6.07) is 15.9. The number of aryl methyl sites for hydroxylation is 2. The Hall–Kier alpha value is -2.59. The molecule has 39 heavy (non-hydrogen) atoms. The van der Waals surface area contributed by atoms with Crippen molar-refractivity contribution in [2.24, 2.45) is 0 Å². The van der Waals surface area contributed by atoms with Gasteiger partial charge in [0.05, 0.1) is 10.6 Å². The number of carbonyl (C=O) groups is 1. The number of rotatable bonds is 5. The van der Waals surface area contributed by atoms with Crippen molar-refractivity contribution in [3.63, 3.8) is 0 Å². The molecular weight excluding hydrogens is 602 g/mol. The lowest BCUT2D eigenvalue weighted by Gasteiger charge is -2.34. The number of hydrogen-bond donors (Lipinski definition) is 1. The van der Waals surface area contributed by atoms with E-state index in [0.717, 1.165) is 21.2 Å². The smallest absolute Gasteiger partial charge is 0.322 e. The van der Waals surface area contributed by atoms with Crippen LogP contribution in [0.5, 0.6) is 11.5 Å². The molecule has 0 radical (unpaired) electrons. The average Bonchev–Trinajstić information content (AvgIpc) is 2.84. The number of nitrogens with zero attached hydrogens (tertiary/aromatic N) is 2. The number of halogens is 2. The summed E-state index contributed by atoms with van der Waals surface area (Å²) in [5.74, 6) is 1.04. The normalized spacial score (nSPS) is 14.8. The Balaban J connectivity index is 1.46. The van der Waals surface area contributed by atoms with E-state index < -0.39 is 10.0 Å². The quantitative estimate of drug-likeness (QED) is 0.318. The Morgan fingerprint density at radius 1 is 0.974 bits per heavy atom. The summed E-state index contributed by atoms with van der Waals surface area (Å²) in [5.41, 5.74) is 2.91. The third-order valence-corrected chi connectivity index (χ3v) is 9.59. The van der Waals surface area contributed by atoms with Gasteiger partial charge >= 0.3 is 6.03 Å². The van der Waals surface area contributed by atoms with E-state index in [2.05, 4.69) is 42.0 Å². The number of benzene rings is 3. The zero-order valence-electron chi connectivity index (χ0n) is 22.7. The van der Waals surface area contributed by atoms with Crippen molar-refractivity contribution < 1.29 is 17.9 Å². The van der Waals surface area contributed by atoms with Gasteiger partial charge in [0.2, 0.25) is 10.0 Å². The molecular formula is C29H33BrClN3O4S. The highest BCUT2D eigenvalue weighted by Gasteiger charge is 2.33. The maximum atomic E-state index is 13.6. The second-order valence-electron chi connectivity index (χ2n) is 10.7. The molecule has 4 rings (SSSR count). The molecule has 208 valence electrons. The number of sulfonamides is 1. The van der Waals surface area contributed by atoms with Crippen molar-refractivity contribution in [1.29, 1.82) is 0 Å². The first-order valence-electron chi connectivity index (χ1n) is 12.7. The van der Waals surface area contributed by atoms with Crippen LogP contribution in [0.1, 0.15) is 37.5 Å². The van der Waals surface area contributed by atoms with Gasteiger partial charge < -0.3 is 15.0 Å². The Bertz CT molecular complexity index is 1470. The molecule has 0 aromatic heterocycles. The van der Waals surface area contributed by atoms with Gasteiger partial charge in [-0.2, -0.15) is 4.31 Å². The van der Waals surface area contributed by atoms with Crippen LogP contribution < -0.4 is 10.1 Å². The highest BCUT2D eigenvalue weighted by molar-refractivity contribution is 9.10. The summed E-state index contributed by atoms with van der Waals surface area (Å²) in [5, 5.41) is 3.33. The summed E-state index contributed by atoms with van der Waals surface area (Å²) >= 11 is 9.63. The van der Waals surface area contributed by atoms with Crippen LogP contribution in [0.4, 0.5) is 10.5 Å². The van der Waals surface area contributed by atoms with Gasteiger partial charge in [-0.3, -0.25) is 0 Å². The van der Waals surface area contributed by atoms with Gasteiger partial charge in [-0.15, -0.1) is 0 Å². The fraction of sp³-hybridized carbons (Fsp3) is 0.345. The number of nitrogens with one attached hydrogen (secondary N) is 1. The average molecular weight is 635 g/mol. The van der Waals surface area contributed by atoms with Crippen molar-refractivity contribution in [2.75, 3.05) is 31.5 Å². The lowest BCUT2D eigenvalue weighted by atomic mass is 9.85. The molecule has 0 atom stereocenters. The van der Waals surface area contributed by atoms with Crippen molar-refractivity contribution in [2.45, 2.75) is 44.9 Å². The van der Waals surface area contributed by atoms with Gasteiger partial charge in [-0.05, 0) is 72.4 Å². The van der Waals surface area contributed by atoms with E-state index in [4.69, 9.17) is 16.3 Å². The molecule has 0 bridgehead atoms. The third-order valence-electron chi connectivity index (χ3n) is 6.66. The molecule has 1 heterocycles. The minimum absolute atomic E-state index is 0.0807. The highest BCUT2D eigenvalue weighted by atomic mass is 79.9. The van der Waals surface area contributed by atoms with Crippen molar-refractivity contribution in [3.05, 3.63) is 80.8 Å². The van der Waals surface area contributed by atoms with Gasteiger partial charge in [0.1, 0.15) is 5.75 Å². The topological polar surface area (TPSA) is 79.0 Å². The largest absolute Gasteiger partial charge is 0.455 e. The predicted molar refractivity (Wildman–Crippen MR) is 160 cm³/mol. The van der Waals surface area contributed by atoms with Crippen molar-refractivity contribution in [3.8, 4) is 11.5 Å². The molecule has 2 amide bonds. The van der Waals surface area contributed by atoms with Crippen LogP contribution in [0, 0.1) is 13.8 Å². The van der Waals surface area contributed by atoms with E-state index in [9.17, 15) is 13.2 Å². The number of amides is 2. The second kappa shape index (κ2) is 11.5. The Kier molecular flexibility index (Phi) is 8.66. The van der Waals surface area contributed by atoms with Gasteiger partial charge in [0.15, 0.2) is 5.75 Å². The van der Waals surface area contributed by atoms with Gasteiger partial charge in [-0.25, -0.2) is 13.2 Å². The summed E-state index contributed by atoms with van der Waals surface area (Å²) in [6.45, 7) is 10.9. The van der Waals surface area contributed by atoms with Crippen LogP contribution in [-0.4, -0.2) is 49.8 Å². The predicted octanol–water partition coefficient (Wildman–Crippen LogP) is 7.35. The molecule has 1 aliphatic rings. The van der Waals surface area contributed by atoms with Crippen molar-refractivity contribution >= 4 is 49.3 Å². The van der Waals surface area contributed by atoms with Crippen LogP contribution in [0.15, 0.2) is 64.0 Å². The van der Waals surface area contributed by atoms with E-state index >= 15 is 0 Å². The molecule has 1 N–H and O–H groups in total. The summed E-state index contributed by atoms with van der Waals surface area (Å²) in [6.07, 6.45) is 0. The Morgan fingerprint density at radius 2 is 1.62 bits per heavy atom. The van der Waals surface area contributed by atoms with E-state index in [1.165, 1.54) is 4.31 Å². The maximum Gasteiger partial charge on any atom is 0.322 e. The van der Waals surface area contributed by atoms with Gasteiger partial charge in [0.25, 0.3) is 0 Å². The summed E-state index contributed by atoms with van der Waals surface area (Å²) < 4.78 is 35.5. The molecule has 0 aliphatic carbocycles. The van der Waals surface area contributed by atoms with Crippen molar-refractivity contribution in [1.82, 2.24) is 9.21 Å². The fourth-order valence-corrected chi connectivity index (χ4v) is 6.98. The minimum Gasteiger partial charge on any atom is -0.455 e. The number of ether oxygens (including phenoxy) is 1. The minimum atomic E-state index is -3.71. The summed E-state index contributed by atoms with van der Waals surface area (Å²) in [4.78, 5) is 15.1. The lowest BCUT2D eigenvalue weighted by Crippen LogP contribution is -2.51. The Labute approximate surface area is 244 Å². The van der Waals surface area contributed by atoms with Crippen LogP contribution in [0.25, 0.3) is 0 Å². The molecule has 1 aliphatic heterocycles. The van der Waals surface area contributed by atoms with E-state index in [-0.39, 0.29) is 37.6 Å². The SMILES string of the molecule is Cc1cc(C(C)(C)C)cc(C)c1S(=O)(=O)N1CCN(C(=O)Nc2cc(Cl)ccc2Oc2cccc(Br)c2)CC1. The maximum absolute atomic E-state index is 13.6. The van der Waals surface area contributed by atoms with E-state index in [0.29, 0.717) is 27.1 Å². The Morgan fingerprint density at radius 3 is 2.21 bits per heavy atom. The number of carbonyl (C=O) groups excluding carboxylic acids is 1. The first-order valence-corrected chi connectivity index (χ1v) is 15.3. The standard InChI is InChI=1S/C29H33BrClN3O4S/c1-19-15-21(29(3,4)5)16-20(2)27(19)39(36,37)34-13-11-33(12-14-34)28(35)32-25-18-23(31)9-10-26(25)38-24-8-6-7-22(30)17-24/h6-10,15-18H,11-14H2,1-5H3,(H,32,35). The molecule has 0 saturated carbocycles. The number of piperazine rings is 1. The van der Waals surface area contributed by atoms with Gasteiger partial charge in [-0.1, -0.05) is 66.5 Å². The van der Waals surface area contributed by atoms with E-state index in [1.54, 1.807) is 23.1 Å². The first kappa shape index (κ1) is 29.4. The molecule has 0 spiro atoms. The summed E-state index contributed by atoms with van der Waals surface area (Å²) in [7, 11) is -3.71. The zero-order valence-corrected chi connectivity index (χ0v) is 25.9. The van der Waals surface area contributed by atoms with Gasteiger partial charge in [0, 0.05) is 35.7 Å². The monoisotopic (exact) mass is 633 g/mol. The fourth-order valence-electron chi connectivity index (χ4n) is 4.59. The zero-order chi connectivity index (χ0) is 28.5. The number of hydrogen-bond acceptors (Lipinski definition) is 4. The van der Waals surface area contributed by atoms with E-state index in [1.807, 2.05) is 50.2 Å². The lowest BCUT2D eigenvalue weighted by molar-refractivity contribution is 0.184. The molecule has 10 heteroatoms. The molecule has 1 fully saturated rings. The molecule has 0 unspecified atom stereocenters. The second-order valence-corrected chi connectivity index (χ2v) is 13.9. The third kappa shape index (κ3) is 6.77. The molecule has 3 aromatic rings. The number of anilines is 1. The van der Waals surface area contributed by atoms with Crippen LogP contribution in [0.3, 0.4) is 0 Å². The van der Waals surface area contributed by atoms with Crippen LogP contribution in [0.2, 0.25) is 5.02 Å². The molecule has 1 saturated heterocycles. The first-order chi connectivity index (χ1) is 18.3. The molecule has 7 nitrogen and oxygen atoms in total. The molecule has 3 aromatic carbocycles. The highest BCUT2D eigenvalue weighted by Crippen LogP contribution is 2.34. The van der Waals surface area contributed by atoms with Crippen LogP contribution >= 0.6 is 27.5 Å².